The van der Waals surface area contributed by atoms with Gasteiger partial charge in [-0.25, -0.2) is 14.6 Å². The van der Waals surface area contributed by atoms with Gasteiger partial charge in [0.15, 0.2) is 0 Å². The van der Waals surface area contributed by atoms with Crippen molar-refractivity contribution in [3.05, 3.63) is 30.4 Å². The number of rotatable bonds is 5. The van der Waals surface area contributed by atoms with E-state index in [4.69, 9.17) is 0 Å². The summed E-state index contributed by atoms with van der Waals surface area (Å²) in [6, 6.07) is 1.84. The second kappa shape index (κ2) is 5.87. The molecular weight excluding hydrogens is 294 g/mol. The molecule has 0 aliphatic heterocycles. The molecule has 3 heterocycles. The summed E-state index contributed by atoms with van der Waals surface area (Å²) < 4.78 is 7.83. The molecule has 3 aromatic heterocycles. The fourth-order valence-electron chi connectivity index (χ4n) is 1.67. The highest BCUT2D eigenvalue weighted by Gasteiger charge is 2.12. The first-order valence-corrected chi connectivity index (χ1v) is 6.99. The van der Waals surface area contributed by atoms with E-state index in [0.717, 1.165) is 5.69 Å². The number of ether oxygens (including phenoxy) is 1. The van der Waals surface area contributed by atoms with E-state index in [2.05, 4.69) is 30.2 Å². The predicted octanol–water partition coefficient (Wildman–Crippen LogP) is 0.181. The molecule has 0 amide bonds. The molecule has 0 radical (unpaired) electrons. The number of hydrogen-bond acceptors (Lipinski definition) is 8. The lowest BCUT2D eigenvalue weighted by atomic mass is 10.6. The van der Waals surface area contributed by atoms with Crippen LogP contribution in [0.5, 0.6) is 0 Å². The minimum atomic E-state index is -0.402. The standard InChI is InChI=1S/C11H11N7O2S/c1-20-9(19)6-18-11(14-15-16-18)21-7-8-5-17-4-2-3-12-10(17)13-8/h2-5H,6-7H2,1H3. The Morgan fingerprint density at radius 2 is 2.38 bits per heavy atom. The third-order valence-electron chi connectivity index (χ3n) is 2.64. The van der Waals surface area contributed by atoms with E-state index in [1.807, 2.05) is 22.9 Å². The van der Waals surface area contributed by atoms with Gasteiger partial charge in [0.05, 0.1) is 12.8 Å². The fraction of sp³-hybridized carbons (Fsp3) is 0.273. The smallest absolute Gasteiger partial charge is 0.327 e. The van der Waals surface area contributed by atoms with Gasteiger partial charge in [-0.15, -0.1) is 5.10 Å². The Kier molecular flexibility index (Phi) is 3.77. The van der Waals surface area contributed by atoms with Crippen molar-refractivity contribution in [3.8, 4) is 0 Å². The van der Waals surface area contributed by atoms with Crippen LogP contribution in [-0.2, 0) is 21.8 Å². The van der Waals surface area contributed by atoms with E-state index in [0.29, 0.717) is 16.7 Å². The zero-order valence-electron chi connectivity index (χ0n) is 11.1. The van der Waals surface area contributed by atoms with Gasteiger partial charge >= 0.3 is 5.97 Å². The summed E-state index contributed by atoms with van der Waals surface area (Å²) in [5, 5.41) is 11.7. The van der Waals surface area contributed by atoms with Gasteiger partial charge in [0, 0.05) is 24.3 Å². The van der Waals surface area contributed by atoms with Crippen LogP contribution in [-0.4, -0.2) is 47.7 Å². The number of fused-ring (bicyclic) bond motifs is 1. The summed E-state index contributed by atoms with van der Waals surface area (Å²) in [4.78, 5) is 19.8. The topological polar surface area (TPSA) is 100 Å². The van der Waals surface area contributed by atoms with Gasteiger partial charge in [-0.3, -0.25) is 9.20 Å². The van der Waals surface area contributed by atoms with Crippen LogP contribution < -0.4 is 0 Å². The molecule has 9 nitrogen and oxygen atoms in total. The van der Waals surface area contributed by atoms with Crippen LogP contribution in [0.4, 0.5) is 0 Å². The first-order valence-electron chi connectivity index (χ1n) is 6.00. The lowest BCUT2D eigenvalue weighted by Gasteiger charge is -2.01. The van der Waals surface area contributed by atoms with Crippen LogP contribution in [0.3, 0.4) is 0 Å². The first kappa shape index (κ1) is 13.5. The van der Waals surface area contributed by atoms with E-state index in [1.54, 1.807) is 6.20 Å². The number of hydrogen-bond donors (Lipinski definition) is 0. The molecule has 0 aliphatic rings. The van der Waals surface area contributed by atoms with Crippen molar-refractivity contribution in [2.24, 2.45) is 0 Å². The highest BCUT2D eigenvalue weighted by atomic mass is 32.2. The predicted molar refractivity (Wildman–Crippen MR) is 72.4 cm³/mol. The second-order valence-corrected chi connectivity index (χ2v) is 4.99. The molecule has 0 aliphatic carbocycles. The minimum Gasteiger partial charge on any atom is -0.468 e. The Bertz CT molecular complexity index is 736. The molecule has 0 aromatic carbocycles. The average molecular weight is 305 g/mol. The fourth-order valence-corrected chi connectivity index (χ4v) is 2.43. The van der Waals surface area contributed by atoms with Crippen LogP contribution in [0, 0.1) is 0 Å². The maximum absolute atomic E-state index is 11.3. The number of esters is 1. The molecule has 0 spiro atoms. The van der Waals surface area contributed by atoms with Crippen LogP contribution in [0.25, 0.3) is 5.78 Å². The number of imidazole rings is 1. The Morgan fingerprint density at radius 1 is 1.48 bits per heavy atom. The van der Waals surface area contributed by atoms with E-state index in [9.17, 15) is 4.79 Å². The molecule has 0 fully saturated rings. The van der Waals surface area contributed by atoms with Crippen LogP contribution in [0.15, 0.2) is 29.8 Å². The van der Waals surface area contributed by atoms with Crippen LogP contribution in [0.2, 0.25) is 0 Å². The highest BCUT2D eigenvalue weighted by Crippen LogP contribution is 2.19. The molecule has 0 unspecified atom stereocenters. The monoisotopic (exact) mass is 305 g/mol. The highest BCUT2D eigenvalue weighted by molar-refractivity contribution is 7.98. The molecule has 0 saturated carbocycles. The summed E-state index contributed by atoms with van der Waals surface area (Å²) in [5.41, 5.74) is 0.853. The van der Waals surface area contributed by atoms with Crippen molar-refractivity contribution in [3.63, 3.8) is 0 Å². The van der Waals surface area contributed by atoms with Gasteiger partial charge in [0.1, 0.15) is 6.54 Å². The molecule has 0 N–H and O–H groups in total. The first-order chi connectivity index (χ1) is 10.3. The van der Waals surface area contributed by atoms with E-state index >= 15 is 0 Å². The van der Waals surface area contributed by atoms with Gasteiger partial charge < -0.3 is 4.74 Å². The van der Waals surface area contributed by atoms with Crippen molar-refractivity contribution >= 4 is 23.5 Å². The number of carbonyl (C=O) groups excluding carboxylic acids is 1. The quantitative estimate of drug-likeness (QED) is 0.486. The summed E-state index contributed by atoms with van der Waals surface area (Å²) >= 11 is 1.39. The summed E-state index contributed by atoms with van der Waals surface area (Å²) in [5.74, 6) is 0.814. The van der Waals surface area contributed by atoms with Gasteiger partial charge in [0.2, 0.25) is 10.9 Å². The van der Waals surface area contributed by atoms with Crippen molar-refractivity contribution in [2.45, 2.75) is 17.5 Å². The van der Waals surface area contributed by atoms with Crippen molar-refractivity contribution in [2.75, 3.05) is 7.11 Å². The number of nitrogens with zero attached hydrogens (tertiary/aromatic N) is 7. The molecule has 3 rings (SSSR count). The van der Waals surface area contributed by atoms with Crippen molar-refractivity contribution < 1.29 is 9.53 Å². The largest absolute Gasteiger partial charge is 0.468 e. The zero-order chi connectivity index (χ0) is 14.7. The molecule has 10 heteroatoms. The zero-order valence-corrected chi connectivity index (χ0v) is 11.9. The SMILES string of the molecule is COC(=O)Cn1nnnc1SCc1cn2cccnc2n1. The van der Waals surface area contributed by atoms with E-state index < -0.39 is 5.97 Å². The molecule has 3 aromatic rings. The average Bonchev–Trinajstić information content (AvgIpc) is 3.10. The maximum Gasteiger partial charge on any atom is 0.327 e. The number of tetrazole rings is 1. The third kappa shape index (κ3) is 2.99. The molecule has 0 bridgehead atoms. The van der Waals surface area contributed by atoms with Crippen molar-refractivity contribution in [1.29, 1.82) is 0 Å². The van der Waals surface area contributed by atoms with E-state index in [1.165, 1.54) is 23.6 Å². The lowest BCUT2D eigenvalue weighted by molar-refractivity contribution is -0.141. The molecular formula is C11H11N7O2S. The van der Waals surface area contributed by atoms with Gasteiger partial charge in [-0.1, -0.05) is 11.8 Å². The van der Waals surface area contributed by atoms with Gasteiger partial charge in [-0.2, -0.15) is 0 Å². The Hall–Kier alpha value is -2.49. The van der Waals surface area contributed by atoms with Crippen molar-refractivity contribution in [1.82, 2.24) is 34.6 Å². The van der Waals surface area contributed by atoms with Crippen LogP contribution in [0.1, 0.15) is 5.69 Å². The molecule has 0 atom stereocenters. The summed E-state index contributed by atoms with van der Waals surface area (Å²) in [6.45, 7) is -0.0153. The Labute approximate surface area is 123 Å². The maximum atomic E-state index is 11.3. The Morgan fingerprint density at radius 3 is 3.19 bits per heavy atom. The van der Waals surface area contributed by atoms with E-state index in [-0.39, 0.29) is 6.54 Å². The Balaban J connectivity index is 1.70. The summed E-state index contributed by atoms with van der Waals surface area (Å²) in [7, 11) is 1.32. The van der Waals surface area contributed by atoms with Gasteiger partial charge in [-0.05, 0) is 16.5 Å². The number of methoxy groups -OCH3 is 1. The molecule has 0 saturated heterocycles. The number of aromatic nitrogens is 7. The second-order valence-electron chi connectivity index (χ2n) is 4.04. The molecule has 108 valence electrons. The normalized spacial score (nSPS) is 10.9. The summed E-state index contributed by atoms with van der Waals surface area (Å²) in [6.07, 6.45) is 5.46. The lowest BCUT2D eigenvalue weighted by Crippen LogP contribution is -2.13. The molecule has 21 heavy (non-hydrogen) atoms. The number of thioether (sulfide) groups is 1. The number of carbonyl (C=O) groups is 1. The van der Waals surface area contributed by atoms with Gasteiger partial charge in [0.25, 0.3) is 0 Å². The van der Waals surface area contributed by atoms with Crippen LogP contribution >= 0.6 is 11.8 Å². The third-order valence-corrected chi connectivity index (χ3v) is 3.63. The minimum absolute atomic E-state index is 0.0153.